The molecule has 0 unspecified atom stereocenters. The Labute approximate surface area is 129 Å². The molecule has 0 bridgehead atoms. The number of pyridine rings is 1. The zero-order chi connectivity index (χ0) is 15.7. The number of benzene rings is 1. The maximum atomic E-state index is 11.3. The zero-order valence-corrected chi connectivity index (χ0v) is 13.0. The third kappa shape index (κ3) is 2.88. The van der Waals surface area contributed by atoms with Crippen LogP contribution >= 0.6 is 0 Å². The molecule has 114 valence electrons. The predicted molar refractivity (Wildman–Crippen MR) is 86.7 cm³/mol. The van der Waals surface area contributed by atoms with Gasteiger partial charge in [-0.3, -0.25) is 4.79 Å². The molecule has 0 atom stereocenters. The number of rotatable bonds is 2. The van der Waals surface area contributed by atoms with Gasteiger partial charge in [-0.15, -0.1) is 0 Å². The van der Waals surface area contributed by atoms with Crippen molar-refractivity contribution in [2.24, 2.45) is 0 Å². The molecule has 2 heterocycles. The summed E-state index contributed by atoms with van der Waals surface area (Å²) in [5, 5.41) is 2.81. The zero-order valence-electron chi connectivity index (χ0n) is 13.0. The molecule has 1 N–H and O–H groups in total. The van der Waals surface area contributed by atoms with E-state index in [0.717, 1.165) is 22.9 Å². The summed E-state index contributed by atoms with van der Waals surface area (Å²) in [5.74, 6) is 1.55. The van der Waals surface area contributed by atoms with E-state index in [2.05, 4.69) is 15.2 Å². The standard InChI is InChI=1S/C17H19N3O2/c1-12(21)19-13-7-8-15-14(10-13)20(11-17(2,3)22-15)16-6-4-5-9-18-16/h4-10H,11H2,1-3H3,(H,19,21). The normalized spacial score (nSPS) is 15.7. The van der Waals surface area contributed by atoms with Gasteiger partial charge in [-0.05, 0) is 44.2 Å². The van der Waals surface area contributed by atoms with Crippen LogP contribution in [0.25, 0.3) is 0 Å². The van der Waals surface area contributed by atoms with Gasteiger partial charge in [-0.2, -0.15) is 0 Å². The van der Waals surface area contributed by atoms with Crippen LogP contribution in [-0.2, 0) is 4.79 Å². The summed E-state index contributed by atoms with van der Waals surface area (Å²) in [7, 11) is 0. The molecule has 3 rings (SSSR count). The maximum absolute atomic E-state index is 11.3. The third-order valence-electron chi connectivity index (χ3n) is 3.42. The molecule has 1 amide bonds. The summed E-state index contributed by atoms with van der Waals surface area (Å²) >= 11 is 0. The van der Waals surface area contributed by atoms with Crippen LogP contribution in [0.3, 0.4) is 0 Å². The summed E-state index contributed by atoms with van der Waals surface area (Å²) in [6.07, 6.45) is 1.77. The predicted octanol–water partition coefficient (Wildman–Crippen LogP) is 3.35. The average Bonchev–Trinajstić information content (AvgIpc) is 2.46. The summed E-state index contributed by atoms with van der Waals surface area (Å²) in [6.45, 7) is 6.28. The Morgan fingerprint density at radius 3 is 2.82 bits per heavy atom. The third-order valence-corrected chi connectivity index (χ3v) is 3.42. The number of ether oxygens (including phenoxy) is 1. The second-order valence-corrected chi connectivity index (χ2v) is 6.00. The lowest BCUT2D eigenvalue weighted by Crippen LogP contribution is -2.45. The minimum absolute atomic E-state index is 0.0959. The van der Waals surface area contributed by atoms with Crippen molar-refractivity contribution >= 4 is 23.1 Å². The molecule has 2 aromatic rings. The van der Waals surface area contributed by atoms with E-state index in [1.54, 1.807) is 6.20 Å². The minimum Gasteiger partial charge on any atom is -0.484 e. The molecular formula is C17H19N3O2. The number of nitrogens with zero attached hydrogens (tertiary/aromatic N) is 2. The van der Waals surface area contributed by atoms with Crippen molar-refractivity contribution in [1.29, 1.82) is 0 Å². The Hall–Kier alpha value is -2.56. The van der Waals surface area contributed by atoms with Crippen LogP contribution in [0.1, 0.15) is 20.8 Å². The Morgan fingerprint density at radius 1 is 1.32 bits per heavy atom. The monoisotopic (exact) mass is 297 g/mol. The molecule has 0 radical (unpaired) electrons. The minimum atomic E-state index is -0.319. The van der Waals surface area contributed by atoms with E-state index in [1.165, 1.54) is 6.92 Å². The van der Waals surface area contributed by atoms with Crippen LogP contribution in [0, 0.1) is 0 Å². The molecule has 22 heavy (non-hydrogen) atoms. The highest BCUT2D eigenvalue weighted by Crippen LogP contribution is 2.41. The van der Waals surface area contributed by atoms with Gasteiger partial charge in [0.25, 0.3) is 0 Å². The van der Waals surface area contributed by atoms with Crippen LogP contribution in [0.4, 0.5) is 17.2 Å². The van der Waals surface area contributed by atoms with Crippen LogP contribution in [0.5, 0.6) is 5.75 Å². The first kappa shape index (κ1) is 14.4. The molecule has 1 aromatic heterocycles. The Balaban J connectivity index is 2.06. The van der Waals surface area contributed by atoms with Gasteiger partial charge in [0.2, 0.25) is 5.91 Å². The molecular weight excluding hydrogens is 278 g/mol. The number of hydrogen-bond acceptors (Lipinski definition) is 4. The molecule has 5 heteroatoms. The summed E-state index contributed by atoms with van der Waals surface area (Å²) in [5.41, 5.74) is 1.33. The number of fused-ring (bicyclic) bond motifs is 1. The molecule has 5 nitrogen and oxygen atoms in total. The van der Waals surface area contributed by atoms with Gasteiger partial charge < -0.3 is 15.0 Å². The molecule has 1 aliphatic heterocycles. The quantitative estimate of drug-likeness (QED) is 0.923. The molecule has 1 aliphatic rings. The van der Waals surface area contributed by atoms with Gasteiger partial charge in [0, 0.05) is 18.8 Å². The highest BCUT2D eigenvalue weighted by molar-refractivity contribution is 5.90. The molecule has 0 spiro atoms. The van der Waals surface area contributed by atoms with E-state index in [4.69, 9.17) is 4.74 Å². The van der Waals surface area contributed by atoms with Crippen LogP contribution in [-0.4, -0.2) is 23.0 Å². The highest BCUT2D eigenvalue weighted by Gasteiger charge is 2.33. The number of aromatic nitrogens is 1. The van der Waals surface area contributed by atoms with E-state index in [-0.39, 0.29) is 11.5 Å². The number of amides is 1. The van der Waals surface area contributed by atoms with Gasteiger partial charge >= 0.3 is 0 Å². The highest BCUT2D eigenvalue weighted by atomic mass is 16.5. The van der Waals surface area contributed by atoms with Crippen LogP contribution in [0.15, 0.2) is 42.6 Å². The van der Waals surface area contributed by atoms with Crippen LogP contribution in [0.2, 0.25) is 0 Å². The fourth-order valence-corrected chi connectivity index (χ4v) is 2.61. The largest absolute Gasteiger partial charge is 0.484 e. The molecule has 1 aromatic carbocycles. The number of anilines is 3. The second kappa shape index (κ2) is 5.33. The Bertz CT molecular complexity index is 698. The SMILES string of the molecule is CC(=O)Nc1ccc2c(c1)N(c1ccccn1)CC(C)(C)O2. The van der Waals surface area contributed by atoms with Crippen molar-refractivity contribution in [3.05, 3.63) is 42.6 Å². The van der Waals surface area contributed by atoms with Crippen LogP contribution < -0.4 is 15.0 Å². The molecule has 0 saturated carbocycles. The average molecular weight is 297 g/mol. The van der Waals surface area contributed by atoms with Crippen molar-refractivity contribution in [3.8, 4) is 5.75 Å². The summed E-state index contributed by atoms with van der Waals surface area (Å²) < 4.78 is 6.05. The number of carbonyl (C=O) groups is 1. The van der Waals surface area contributed by atoms with Crippen molar-refractivity contribution in [1.82, 2.24) is 4.98 Å². The van der Waals surface area contributed by atoms with Gasteiger partial charge in [0.1, 0.15) is 17.2 Å². The lowest BCUT2D eigenvalue weighted by atomic mass is 10.0. The van der Waals surface area contributed by atoms with Gasteiger partial charge in [-0.1, -0.05) is 6.07 Å². The lowest BCUT2D eigenvalue weighted by Gasteiger charge is -2.40. The number of carbonyl (C=O) groups excluding carboxylic acids is 1. The summed E-state index contributed by atoms with van der Waals surface area (Å²) in [6, 6.07) is 11.5. The number of hydrogen-bond donors (Lipinski definition) is 1. The van der Waals surface area contributed by atoms with E-state index in [9.17, 15) is 4.79 Å². The van der Waals surface area contributed by atoms with Gasteiger partial charge in [0.05, 0.1) is 12.2 Å². The molecule has 0 fully saturated rings. The number of nitrogens with one attached hydrogen (secondary N) is 1. The first-order valence-electron chi connectivity index (χ1n) is 7.24. The Kier molecular flexibility index (Phi) is 3.48. The van der Waals surface area contributed by atoms with Crippen molar-refractivity contribution in [3.63, 3.8) is 0 Å². The van der Waals surface area contributed by atoms with E-state index < -0.39 is 0 Å². The lowest BCUT2D eigenvalue weighted by molar-refractivity contribution is -0.114. The van der Waals surface area contributed by atoms with Crippen molar-refractivity contribution in [2.75, 3.05) is 16.8 Å². The fraction of sp³-hybridized carbons (Fsp3) is 0.294. The van der Waals surface area contributed by atoms with E-state index in [0.29, 0.717) is 6.54 Å². The molecule has 0 aliphatic carbocycles. The first-order valence-corrected chi connectivity index (χ1v) is 7.24. The Morgan fingerprint density at radius 2 is 2.14 bits per heavy atom. The summed E-state index contributed by atoms with van der Waals surface area (Å²) in [4.78, 5) is 17.8. The van der Waals surface area contributed by atoms with Crippen molar-refractivity contribution in [2.45, 2.75) is 26.4 Å². The first-order chi connectivity index (χ1) is 10.4. The maximum Gasteiger partial charge on any atom is 0.221 e. The fourth-order valence-electron chi connectivity index (χ4n) is 2.61. The van der Waals surface area contributed by atoms with Crippen molar-refractivity contribution < 1.29 is 9.53 Å². The topological polar surface area (TPSA) is 54.5 Å². The smallest absolute Gasteiger partial charge is 0.221 e. The van der Waals surface area contributed by atoms with Gasteiger partial charge in [-0.25, -0.2) is 4.98 Å². The molecule has 0 saturated heterocycles. The van der Waals surface area contributed by atoms with E-state index in [1.807, 2.05) is 50.2 Å². The van der Waals surface area contributed by atoms with E-state index >= 15 is 0 Å². The second-order valence-electron chi connectivity index (χ2n) is 6.00. The van der Waals surface area contributed by atoms with Gasteiger partial charge in [0.15, 0.2) is 0 Å².